The van der Waals surface area contributed by atoms with Crippen LogP contribution in [-0.2, 0) is 0 Å². The Morgan fingerprint density at radius 1 is 1.08 bits per heavy atom. The minimum absolute atomic E-state index is 0.753. The summed E-state index contributed by atoms with van der Waals surface area (Å²) >= 11 is 0. The van der Waals surface area contributed by atoms with Crippen LogP contribution in [0.4, 0.5) is 0 Å². The lowest BCUT2D eigenvalue weighted by atomic mass is 9.81. The van der Waals surface area contributed by atoms with Crippen LogP contribution in [0.15, 0.2) is 11.1 Å². The fourth-order valence-electron chi connectivity index (χ4n) is 2.49. The lowest BCUT2D eigenvalue weighted by Gasteiger charge is -2.21. The fourth-order valence-corrected chi connectivity index (χ4v) is 2.49. The van der Waals surface area contributed by atoms with Crippen LogP contribution < -0.4 is 0 Å². The van der Waals surface area contributed by atoms with Crippen molar-refractivity contribution in [2.24, 2.45) is 17.8 Å². The van der Waals surface area contributed by atoms with E-state index in [1.807, 2.05) is 0 Å². The van der Waals surface area contributed by atoms with E-state index < -0.39 is 0 Å². The zero-order valence-electron chi connectivity index (χ0n) is 8.72. The van der Waals surface area contributed by atoms with Gasteiger partial charge in [-0.25, -0.2) is 0 Å². The molecule has 0 aromatic rings. The third-order valence-corrected chi connectivity index (χ3v) is 3.77. The smallest absolute Gasteiger partial charge is 0.0653 e. The van der Waals surface area contributed by atoms with Crippen LogP contribution in [0, 0.1) is 17.8 Å². The molecule has 0 aromatic carbocycles. The van der Waals surface area contributed by atoms with Gasteiger partial charge in [0, 0.05) is 0 Å². The van der Waals surface area contributed by atoms with Gasteiger partial charge in [0.2, 0.25) is 0 Å². The summed E-state index contributed by atoms with van der Waals surface area (Å²) in [5, 5.41) is 0. The molecule has 0 N–H and O–H groups in total. The summed E-state index contributed by atoms with van der Waals surface area (Å²) in [4.78, 5) is 0. The zero-order chi connectivity index (χ0) is 9.30. The molecule has 12 heavy (non-hydrogen) atoms. The summed E-state index contributed by atoms with van der Waals surface area (Å²) in [7, 11) is 5.61. The molecule has 0 saturated heterocycles. The SMILES string of the molecule is [B]CCC1C(C)C(C)=C(C)C1C. The molecule has 1 aliphatic carbocycles. The standard InChI is InChI=1S/C11H19B/c1-7-8(2)10(4)11(5-6-12)9(7)3/h9-11H,5-6H2,1-4H3. The zero-order valence-corrected chi connectivity index (χ0v) is 8.72. The van der Waals surface area contributed by atoms with E-state index in [4.69, 9.17) is 7.85 Å². The predicted octanol–water partition coefficient (Wildman–Crippen LogP) is 3.20. The molecule has 66 valence electrons. The molecule has 0 fully saturated rings. The van der Waals surface area contributed by atoms with Gasteiger partial charge >= 0.3 is 0 Å². The van der Waals surface area contributed by atoms with Crippen LogP contribution in [-0.4, -0.2) is 7.85 Å². The Morgan fingerprint density at radius 2 is 1.50 bits per heavy atom. The number of allylic oxidation sites excluding steroid dienone is 2. The highest BCUT2D eigenvalue weighted by Gasteiger charge is 2.32. The minimum Gasteiger partial charge on any atom is -0.0884 e. The van der Waals surface area contributed by atoms with Crippen molar-refractivity contribution in [2.45, 2.75) is 40.4 Å². The van der Waals surface area contributed by atoms with Crippen LogP contribution >= 0.6 is 0 Å². The molecule has 2 radical (unpaired) electrons. The van der Waals surface area contributed by atoms with Gasteiger partial charge in [-0.2, -0.15) is 0 Å². The van der Waals surface area contributed by atoms with Gasteiger partial charge in [-0.3, -0.25) is 0 Å². The van der Waals surface area contributed by atoms with E-state index in [1.165, 1.54) is 6.42 Å². The lowest BCUT2D eigenvalue weighted by Crippen LogP contribution is -2.13. The van der Waals surface area contributed by atoms with E-state index in [9.17, 15) is 0 Å². The van der Waals surface area contributed by atoms with Crippen molar-refractivity contribution in [3.05, 3.63) is 11.1 Å². The number of hydrogen-bond acceptors (Lipinski definition) is 0. The Balaban J connectivity index is 2.73. The summed E-state index contributed by atoms with van der Waals surface area (Å²) in [5.74, 6) is 2.31. The first-order chi connectivity index (χ1) is 5.59. The van der Waals surface area contributed by atoms with Gasteiger partial charge in [-0.15, -0.1) is 0 Å². The Labute approximate surface area is 77.8 Å². The maximum absolute atomic E-state index is 5.61. The molecule has 0 aromatic heterocycles. The third-order valence-electron chi connectivity index (χ3n) is 3.77. The largest absolute Gasteiger partial charge is 0.0884 e. The molecular formula is C11H19B. The second-order valence-corrected chi connectivity index (χ2v) is 4.18. The summed E-state index contributed by atoms with van der Waals surface area (Å²) < 4.78 is 0. The van der Waals surface area contributed by atoms with Crippen molar-refractivity contribution in [1.82, 2.24) is 0 Å². The number of hydrogen-bond donors (Lipinski definition) is 0. The highest BCUT2D eigenvalue weighted by Crippen LogP contribution is 2.43. The Bertz CT molecular complexity index is 175. The molecule has 0 nitrogen and oxygen atoms in total. The quantitative estimate of drug-likeness (QED) is 0.432. The maximum atomic E-state index is 5.61. The average Bonchev–Trinajstić information content (AvgIpc) is 2.23. The van der Waals surface area contributed by atoms with Gasteiger partial charge in [0.1, 0.15) is 0 Å². The van der Waals surface area contributed by atoms with Crippen molar-refractivity contribution in [2.75, 3.05) is 0 Å². The molecule has 0 bridgehead atoms. The highest BCUT2D eigenvalue weighted by molar-refractivity contribution is 6.08. The normalized spacial score (nSPS) is 36.2. The molecule has 1 aliphatic rings. The molecule has 1 rings (SSSR count). The van der Waals surface area contributed by atoms with Gasteiger partial charge in [-0.1, -0.05) is 37.7 Å². The van der Waals surface area contributed by atoms with Crippen LogP contribution in [0.5, 0.6) is 0 Å². The van der Waals surface area contributed by atoms with Crippen molar-refractivity contribution < 1.29 is 0 Å². The van der Waals surface area contributed by atoms with E-state index >= 15 is 0 Å². The second-order valence-electron chi connectivity index (χ2n) is 4.18. The first-order valence-corrected chi connectivity index (χ1v) is 4.97. The second kappa shape index (κ2) is 3.68. The van der Waals surface area contributed by atoms with Crippen molar-refractivity contribution >= 4 is 7.85 Å². The van der Waals surface area contributed by atoms with Crippen LogP contribution in [0.3, 0.4) is 0 Å². The van der Waals surface area contributed by atoms with E-state index in [0.717, 1.165) is 24.1 Å². The molecule has 2 atom stereocenters. The van der Waals surface area contributed by atoms with E-state index in [0.29, 0.717) is 0 Å². The Kier molecular flexibility index (Phi) is 3.03. The molecule has 0 saturated carbocycles. The van der Waals surface area contributed by atoms with Gasteiger partial charge in [-0.05, 0) is 31.6 Å². The summed E-state index contributed by atoms with van der Waals surface area (Å²) in [6.07, 6.45) is 2.01. The number of rotatable bonds is 2. The van der Waals surface area contributed by atoms with Crippen LogP contribution in [0.2, 0.25) is 6.32 Å². The van der Waals surface area contributed by atoms with E-state index in [1.54, 1.807) is 11.1 Å². The lowest BCUT2D eigenvalue weighted by molar-refractivity contribution is 0.345. The van der Waals surface area contributed by atoms with Crippen molar-refractivity contribution in [1.29, 1.82) is 0 Å². The molecule has 0 amide bonds. The minimum atomic E-state index is 0.753. The van der Waals surface area contributed by atoms with Gasteiger partial charge in [0.05, 0.1) is 7.85 Å². The Morgan fingerprint density at radius 3 is 1.83 bits per heavy atom. The van der Waals surface area contributed by atoms with Gasteiger partial charge in [0.25, 0.3) is 0 Å². The topological polar surface area (TPSA) is 0 Å². The van der Waals surface area contributed by atoms with Crippen molar-refractivity contribution in [3.63, 3.8) is 0 Å². The molecule has 0 aliphatic heterocycles. The predicted molar refractivity (Wildman–Crippen MR) is 55.4 cm³/mol. The van der Waals surface area contributed by atoms with Crippen LogP contribution in [0.25, 0.3) is 0 Å². The summed E-state index contributed by atoms with van der Waals surface area (Å²) in [5.41, 5.74) is 3.20. The average molecular weight is 162 g/mol. The molecule has 2 unspecified atom stereocenters. The van der Waals surface area contributed by atoms with Gasteiger partial charge in [0.15, 0.2) is 0 Å². The molecule has 0 heterocycles. The summed E-state index contributed by atoms with van der Waals surface area (Å²) in [6, 6.07) is 0. The van der Waals surface area contributed by atoms with E-state index in [2.05, 4.69) is 27.7 Å². The third kappa shape index (κ3) is 1.46. The maximum Gasteiger partial charge on any atom is 0.0653 e. The molecule has 1 heteroatoms. The van der Waals surface area contributed by atoms with Crippen LogP contribution in [0.1, 0.15) is 34.1 Å². The van der Waals surface area contributed by atoms with Crippen molar-refractivity contribution in [3.8, 4) is 0 Å². The first-order valence-electron chi connectivity index (χ1n) is 4.97. The van der Waals surface area contributed by atoms with E-state index in [-0.39, 0.29) is 0 Å². The van der Waals surface area contributed by atoms with Gasteiger partial charge < -0.3 is 0 Å². The molecule has 0 spiro atoms. The monoisotopic (exact) mass is 162 g/mol. The molecular weight excluding hydrogens is 143 g/mol. The highest BCUT2D eigenvalue weighted by atomic mass is 14.4. The Hall–Kier alpha value is -0.195. The fraction of sp³-hybridized carbons (Fsp3) is 0.818. The summed E-state index contributed by atoms with van der Waals surface area (Å²) in [6.45, 7) is 9.21. The first kappa shape index (κ1) is 9.89.